The second-order valence-electron chi connectivity index (χ2n) is 7.69. The summed E-state index contributed by atoms with van der Waals surface area (Å²) in [5.41, 5.74) is 2.91. The van der Waals surface area contributed by atoms with E-state index in [1.807, 2.05) is 5.38 Å². The molecular formula is C21H27N3O3S. The minimum atomic E-state index is -0.257. The minimum Gasteiger partial charge on any atom is -0.378 e. The first-order valence-corrected chi connectivity index (χ1v) is 10.7. The molecule has 1 N–H and O–H groups in total. The van der Waals surface area contributed by atoms with Gasteiger partial charge in [0.05, 0.1) is 18.3 Å². The summed E-state index contributed by atoms with van der Waals surface area (Å²) in [4.78, 5) is 19.3. The number of thiazole rings is 1. The number of hydrogen-bond acceptors (Lipinski definition) is 6. The Morgan fingerprint density at radius 2 is 2.25 bits per heavy atom. The molecule has 2 aromatic rings. The molecule has 2 saturated heterocycles. The first-order valence-electron chi connectivity index (χ1n) is 9.79. The molecule has 2 aliphatic heterocycles. The van der Waals surface area contributed by atoms with Crippen LogP contribution in [0.3, 0.4) is 0 Å². The topological polar surface area (TPSA) is 63.7 Å². The summed E-state index contributed by atoms with van der Waals surface area (Å²) >= 11 is 1.46. The molecule has 2 fully saturated rings. The maximum Gasteiger partial charge on any atom is 0.240 e. The number of carbonyl (C=O) groups excluding carboxylic acids is 1. The zero-order chi connectivity index (χ0) is 19.6. The first kappa shape index (κ1) is 19.5. The Morgan fingerprint density at radius 3 is 2.96 bits per heavy atom. The van der Waals surface area contributed by atoms with E-state index in [1.54, 1.807) is 7.11 Å². The average molecular weight is 402 g/mol. The molecule has 3 heterocycles. The van der Waals surface area contributed by atoms with E-state index < -0.39 is 0 Å². The number of hydrogen-bond donors (Lipinski definition) is 1. The molecular weight excluding hydrogens is 374 g/mol. The van der Waals surface area contributed by atoms with Crippen LogP contribution < -0.4 is 5.32 Å². The molecule has 2 aliphatic rings. The molecule has 4 rings (SSSR count). The number of aryl methyl sites for hydroxylation is 1. The van der Waals surface area contributed by atoms with E-state index in [0.29, 0.717) is 11.7 Å². The number of amides is 1. The van der Waals surface area contributed by atoms with Gasteiger partial charge in [0.15, 0.2) is 5.13 Å². The fourth-order valence-corrected chi connectivity index (χ4v) is 4.97. The molecule has 1 aromatic heterocycles. The van der Waals surface area contributed by atoms with E-state index in [2.05, 4.69) is 46.4 Å². The van der Waals surface area contributed by atoms with E-state index >= 15 is 0 Å². The van der Waals surface area contributed by atoms with E-state index in [0.717, 1.165) is 50.2 Å². The zero-order valence-corrected chi connectivity index (χ0v) is 17.3. The second-order valence-corrected chi connectivity index (χ2v) is 8.55. The lowest BCUT2D eigenvalue weighted by atomic mass is 9.87. The van der Waals surface area contributed by atoms with Crippen LogP contribution in [0, 0.1) is 6.92 Å². The Kier molecular flexibility index (Phi) is 5.78. The number of nitrogens with one attached hydrogen (secondary N) is 1. The maximum atomic E-state index is 12.6. The number of benzene rings is 1. The number of anilines is 1. The predicted octanol–water partition coefficient (Wildman–Crippen LogP) is 3.33. The van der Waals surface area contributed by atoms with Crippen molar-refractivity contribution in [3.05, 3.63) is 35.2 Å². The maximum absolute atomic E-state index is 12.6. The minimum absolute atomic E-state index is 0.0335. The highest BCUT2D eigenvalue weighted by molar-refractivity contribution is 7.14. The highest BCUT2D eigenvalue weighted by Crippen LogP contribution is 2.36. The first-order chi connectivity index (χ1) is 13.6. The summed E-state index contributed by atoms with van der Waals surface area (Å²) in [7, 11) is 1.75. The predicted molar refractivity (Wildman–Crippen MR) is 111 cm³/mol. The largest absolute Gasteiger partial charge is 0.378 e. The zero-order valence-electron chi connectivity index (χ0n) is 16.4. The molecule has 0 saturated carbocycles. The molecule has 1 amide bonds. The Hall–Kier alpha value is -1.80. The lowest BCUT2D eigenvalue weighted by molar-refractivity contribution is -0.146. The van der Waals surface area contributed by atoms with Crippen LogP contribution in [0.5, 0.6) is 0 Å². The van der Waals surface area contributed by atoms with Gasteiger partial charge in [0.2, 0.25) is 5.91 Å². The van der Waals surface area contributed by atoms with Gasteiger partial charge in [-0.1, -0.05) is 29.8 Å². The summed E-state index contributed by atoms with van der Waals surface area (Å²) in [5, 5.41) is 5.57. The van der Waals surface area contributed by atoms with Crippen molar-refractivity contribution in [2.45, 2.75) is 37.9 Å². The normalized spacial score (nSPS) is 25.3. The molecule has 1 aromatic carbocycles. The van der Waals surface area contributed by atoms with Gasteiger partial charge in [-0.15, -0.1) is 11.3 Å². The fourth-order valence-electron chi connectivity index (χ4n) is 4.24. The van der Waals surface area contributed by atoms with Crippen LogP contribution in [0.25, 0.3) is 11.3 Å². The van der Waals surface area contributed by atoms with Crippen LogP contribution in [-0.2, 0) is 14.3 Å². The lowest BCUT2D eigenvalue weighted by Gasteiger charge is -2.44. The van der Waals surface area contributed by atoms with Crippen LogP contribution in [0.2, 0.25) is 0 Å². The Labute approximate surface area is 169 Å². The molecule has 28 heavy (non-hydrogen) atoms. The fraction of sp³-hybridized carbons (Fsp3) is 0.524. The SMILES string of the molecule is COC1CCN(CC(=O)Nc2nc(-c3ccc(C)cc3)cs2)CC12CCCO2. The van der Waals surface area contributed by atoms with Gasteiger partial charge in [0.25, 0.3) is 0 Å². The standard InChI is InChI=1S/C21H27N3O3S/c1-15-4-6-16(7-5-15)17-13-28-20(22-17)23-19(25)12-24-10-8-18(26-2)21(14-24)9-3-11-27-21/h4-7,13,18H,3,8-12,14H2,1-2H3,(H,22,23,25). The molecule has 6 nitrogen and oxygen atoms in total. The van der Waals surface area contributed by atoms with E-state index in [1.165, 1.54) is 16.9 Å². The van der Waals surface area contributed by atoms with Gasteiger partial charge >= 0.3 is 0 Å². The molecule has 2 unspecified atom stereocenters. The Morgan fingerprint density at radius 1 is 1.43 bits per heavy atom. The molecule has 2 atom stereocenters. The van der Waals surface area contributed by atoms with Crippen molar-refractivity contribution in [3.8, 4) is 11.3 Å². The number of piperidine rings is 1. The van der Waals surface area contributed by atoms with E-state index in [9.17, 15) is 4.79 Å². The third kappa shape index (κ3) is 4.12. The average Bonchev–Trinajstić information content (AvgIpc) is 3.33. The van der Waals surface area contributed by atoms with Crippen LogP contribution >= 0.6 is 11.3 Å². The molecule has 0 bridgehead atoms. The Balaban J connectivity index is 1.35. The van der Waals surface area contributed by atoms with Crippen LogP contribution in [-0.4, -0.2) is 60.8 Å². The van der Waals surface area contributed by atoms with Gasteiger partial charge in [0, 0.05) is 37.7 Å². The molecule has 150 valence electrons. The molecule has 0 aliphatic carbocycles. The van der Waals surface area contributed by atoms with Crippen LogP contribution in [0.1, 0.15) is 24.8 Å². The third-order valence-electron chi connectivity index (χ3n) is 5.67. The van der Waals surface area contributed by atoms with Crippen LogP contribution in [0.15, 0.2) is 29.6 Å². The molecule has 1 spiro atoms. The third-order valence-corrected chi connectivity index (χ3v) is 6.43. The summed E-state index contributed by atoms with van der Waals surface area (Å²) in [6.07, 6.45) is 3.06. The van der Waals surface area contributed by atoms with Gasteiger partial charge in [-0.25, -0.2) is 4.98 Å². The number of aromatic nitrogens is 1. The smallest absolute Gasteiger partial charge is 0.240 e. The van der Waals surface area contributed by atoms with Crippen LogP contribution in [0.4, 0.5) is 5.13 Å². The van der Waals surface area contributed by atoms with Gasteiger partial charge < -0.3 is 14.8 Å². The van der Waals surface area contributed by atoms with Gasteiger partial charge in [-0.3, -0.25) is 9.69 Å². The van der Waals surface area contributed by atoms with Crippen molar-refractivity contribution in [1.29, 1.82) is 0 Å². The monoisotopic (exact) mass is 401 g/mol. The highest BCUT2D eigenvalue weighted by Gasteiger charge is 2.47. The van der Waals surface area contributed by atoms with Crippen molar-refractivity contribution < 1.29 is 14.3 Å². The number of likely N-dealkylation sites (tertiary alicyclic amines) is 1. The van der Waals surface area contributed by atoms with Gasteiger partial charge in [0.1, 0.15) is 5.60 Å². The van der Waals surface area contributed by atoms with Crippen molar-refractivity contribution in [2.75, 3.05) is 38.7 Å². The summed E-state index contributed by atoms with van der Waals surface area (Å²) in [6.45, 7) is 4.77. The lowest BCUT2D eigenvalue weighted by Crippen LogP contribution is -2.58. The van der Waals surface area contributed by atoms with E-state index in [-0.39, 0.29) is 17.6 Å². The number of nitrogens with zero attached hydrogens (tertiary/aromatic N) is 2. The quantitative estimate of drug-likeness (QED) is 0.833. The number of rotatable bonds is 5. The van der Waals surface area contributed by atoms with Gasteiger partial charge in [-0.2, -0.15) is 0 Å². The van der Waals surface area contributed by atoms with Crippen molar-refractivity contribution in [1.82, 2.24) is 9.88 Å². The summed E-state index contributed by atoms with van der Waals surface area (Å²) in [5.74, 6) is -0.0335. The highest BCUT2D eigenvalue weighted by atomic mass is 32.1. The molecule has 7 heteroatoms. The summed E-state index contributed by atoms with van der Waals surface area (Å²) in [6, 6.07) is 8.24. The summed E-state index contributed by atoms with van der Waals surface area (Å²) < 4.78 is 11.7. The number of carbonyl (C=O) groups is 1. The van der Waals surface area contributed by atoms with E-state index in [4.69, 9.17) is 9.47 Å². The van der Waals surface area contributed by atoms with Crippen molar-refractivity contribution in [2.24, 2.45) is 0 Å². The van der Waals surface area contributed by atoms with Gasteiger partial charge in [-0.05, 0) is 26.2 Å². The van der Waals surface area contributed by atoms with Crippen molar-refractivity contribution >= 4 is 22.4 Å². The Bertz CT molecular complexity index is 815. The van der Waals surface area contributed by atoms with Crippen molar-refractivity contribution in [3.63, 3.8) is 0 Å². The number of methoxy groups -OCH3 is 1. The second kappa shape index (κ2) is 8.29. The number of ether oxygens (including phenoxy) is 2. The molecule has 0 radical (unpaired) electrons.